The highest BCUT2D eigenvalue weighted by atomic mass is 16.5. The summed E-state index contributed by atoms with van der Waals surface area (Å²) < 4.78 is 5.40. The Morgan fingerprint density at radius 2 is 1.93 bits per heavy atom. The fourth-order valence-corrected chi connectivity index (χ4v) is 2.91. The number of fused-ring (bicyclic) bond motifs is 2. The monoisotopic (exact) mass is 197 g/mol. The summed E-state index contributed by atoms with van der Waals surface area (Å²) in [6.07, 6.45) is 5.46. The molecule has 0 spiro atoms. The van der Waals surface area contributed by atoms with Gasteiger partial charge in [0.15, 0.2) is 0 Å². The maximum absolute atomic E-state index is 11.7. The molecule has 2 bridgehead atoms. The summed E-state index contributed by atoms with van der Waals surface area (Å²) >= 11 is 0. The van der Waals surface area contributed by atoms with Crippen LogP contribution in [0.15, 0.2) is 0 Å². The van der Waals surface area contributed by atoms with Gasteiger partial charge in [-0.1, -0.05) is 6.92 Å². The number of rotatable bonds is 2. The summed E-state index contributed by atoms with van der Waals surface area (Å²) in [5.41, 5.74) is 0. The van der Waals surface area contributed by atoms with Crippen LogP contribution in [0.3, 0.4) is 0 Å². The third-order valence-electron chi connectivity index (χ3n) is 3.61. The van der Waals surface area contributed by atoms with Crippen molar-refractivity contribution < 1.29 is 9.53 Å². The van der Waals surface area contributed by atoms with Crippen LogP contribution < -0.4 is 0 Å². The third-order valence-corrected chi connectivity index (χ3v) is 3.61. The molecule has 0 aliphatic carbocycles. The zero-order valence-corrected chi connectivity index (χ0v) is 9.03. The van der Waals surface area contributed by atoms with Gasteiger partial charge in [0.2, 0.25) is 5.91 Å². The van der Waals surface area contributed by atoms with Crippen molar-refractivity contribution in [3.8, 4) is 0 Å². The lowest BCUT2D eigenvalue weighted by molar-refractivity contribution is -0.137. The molecule has 2 unspecified atom stereocenters. The first kappa shape index (κ1) is 9.97. The minimum absolute atomic E-state index is 0.326. The second kappa shape index (κ2) is 3.89. The van der Waals surface area contributed by atoms with Gasteiger partial charge in [-0.15, -0.1) is 0 Å². The molecule has 2 atom stereocenters. The van der Waals surface area contributed by atoms with Crippen molar-refractivity contribution in [2.45, 2.75) is 57.2 Å². The van der Waals surface area contributed by atoms with Crippen LogP contribution in [0.25, 0.3) is 0 Å². The van der Waals surface area contributed by atoms with Gasteiger partial charge in [0.1, 0.15) is 0 Å². The van der Waals surface area contributed by atoms with Gasteiger partial charge in [0.05, 0.1) is 6.10 Å². The average Bonchev–Trinajstić information content (AvgIpc) is 2.48. The molecule has 2 fully saturated rings. The Kier molecular flexibility index (Phi) is 2.77. The van der Waals surface area contributed by atoms with Gasteiger partial charge in [-0.05, 0) is 25.7 Å². The minimum atomic E-state index is 0.326. The van der Waals surface area contributed by atoms with Crippen molar-refractivity contribution in [2.24, 2.45) is 0 Å². The quantitative estimate of drug-likeness (QED) is 0.672. The van der Waals surface area contributed by atoms with E-state index in [0.29, 0.717) is 30.5 Å². The lowest BCUT2D eigenvalue weighted by Gasteiger charge is -2.38. The fraction of sp³-hybridized carbons (Fsp3) is 0.909. The van der Waals surface area contributed by atoms with Crippen LogP contribution in [0, 0.1) is 0 Å². The topological polar surface area (TPSA) is 29.5 Å². The van der Waals surface area contributed by atoms with E-state index in [1.807, 2.05) is 6.92 Å². The molecule has 2 saturated heterocycles. The predicted molar refractivity (Wildman–Crippen MR) is 54.0 cm³/mol. The number of ether oxygens (including phenoxy) is 1. The van der Waals surface area contributed by atoms with Gasteiger partial charge in [0.25, 0.3) is 0 Å². The Labute approximate surface area is 85.4 Å². The predicted octanol–water partition coefficient (Wildman–Crippen LogP) is 1.56. The van der Waals surface area contributed by atoms with Gasteiger partial charge in [-0.25, -0.2) is 0 Å². The molecular weight excluding hydrogens is 178 g/mol. The highest BCUT2D eigenvalue weighted by Crippen LogP contribution is 2.36. The highest BCUT2D eigenvalue weighted by Gasteiger charge is 2.42. The van der Waals surface area contributed by atoms with Gasteiger partial charge in [0, 0.05) is 25.6 Å². The van der Waals surface area contributed by atoms with Crippen molar-refractivity contribution in [1.82, 2.24) is 4.90 Å². The Balaban J connectivity index is 2.06. The van der Waals surface area contributed by atoms with E-state index in [4.69, 9.17) is 4.74 Å². The molecule has 14 heavy (non-hydrogen) atoms. The number of hydrogen-bond acceptors (Lipinski definition) is 2. The summed E-state index contributed by atoms with van der Waals surface area (Å²) in [4.78, 5) is 13.8. The molecule has 2 heterocycles. The number of carbonyl (C=O) groups is 1. The minimum Gasteiger partial charge on any atom is -0.381 e. The molecule has 0 aromatic heterocycles. The number of nitrogens with zero attached hydrogens (tertiary/aromatic N) is 1. The molecule has 1 amide bonds. The molecule has 0 radical (unpaired) electrons. The SMILES string of the molecule is CCC(=O)N1C2CCC1CC(OC)C2. The van der Waals surface area contributed by atoms with E-state index in [1.54, 1.807) is 7.11 Å². The Morgan fingerprint density at radius 3 is 2.36 bits per heavy atom. The molecule has 2 aliphatic rings. The molecule has 3 nitrogen and oxygen atoms in total. The molecule has 80 valence electrons. The van der Waals surface area contributed by atoms with E-state index >= 15 is 0 Å². The summed E-state index contributed by atoms with van der Waals surface area (Å²) in [5.74, 6) is 0.326. The molecular formula is C11H19NO2. The number of piperidine rings is 1. The molecule has 3 heteroatoms. The van der Waals surface area contributed by atoms with Crippen LogP contribution >= 0.6 is 0 Å². The smallest absolute Gasteiger partial charge is 0.222 e. The normalized spacial score (nSPS) is 36.1. The largest absolute Gasteiger partial charge is 0.381 e. The molecule has 2 rings (SSSR count). The summed E-state index contributed by atoms with van der Waals surface area (Å²) in [6.45, 7) is 1.95. The van der Waals surface area contributed by atoms with Gasteiger partial charge >= 0.3 is 0 Å². The van der Waals surface area contributed by atoms with E-state index in [0.717, 1.165) is 12.8 Å². The second-order valence-electron chi connectivity index (χ2n) is 4.37. The summed E-state index contributed by atoms with van der Waals surface area (Å²) in [6, 6.07) is 0.928. The van der Waals surface area contributed by atoms with Crippen molar-refractivity contribution >= 4 is 5.91 Å². The lowest BCUT2D eigenvalue weighted by atomic mass is 9.99. The zero-order valence-electron chi connectivity index (χ0n) is 9.03. The summed E-state index contributed by atoms with van der Waals surface area (Å²) in [7, 11) is 1.78. The number of amides is 1. The number of carbonyl (C=O) groups excluding carboxylic acids is 1. The first-order valence-corrected chi connectivity index (χ1v) is 5.60. The van der Waals surface area contributed by atoms with Crippen molar-refractivity contribution in [2.75, 3.05) is 7.11 Å². The Morgan fingerprint density at radius 1 is 1.36 bits per heavy atom. The molecule has 0 aromatic carbocycles. The van der Waals surface area contributed by atoms with Crippen molar-refractivity contribution in [3.05, 3.63) is 0 Å². The maximum Gasteiger partial charge on any atom is 0.222 e. The third kappa shape index (κ3) is 1.54. The lowest BCUT2D eigenvalue weighted by Crippen LogP contribution is -2.48. The van der Waals surface area contributed by atoms with Crippen LogP contribution in [0.5, 0.6) is 0 Å². The van der Waals surface area contributed by atoms with E-state index in [1.165, 1.54) is 12.8 Å². The van der Waals surface area contributed by atoms with Crippen LogP contribution in [0.1, 0.15) is 39.0 Å². The van der Waals surface area contributed by atoms with Gasteiger partial charge in [-0.3, -0.25) is 4.79 Å². The average molecular weight is 197 g/mol. The van der Waals surface area contributed by atoms with Crippen molar-refractivity contribution in [3.63, 3.8) is 0 Å². The standard InChI is InChI=1S/C11H19NO2/c1-3-11(13)12-8-4-5-9(12)7-10(6-8)14-2/h8-10H,3-7H2,1-2H3. The molecule has 0 N–H and O–H groups in total. The molecule has 2 aliphatic heterocycles. The van der Waals surface area contributed by atoms with Gasteiger partial charge < -0.3 is 9.64 Å². The highest BCUT2D eigenvalue weighted by molar-refractivity contribution is 5.77. The van der Waals surface area contributed by atoms with E-state index in [2.05, 4.69) is 4.90 Å². The van der Waals surface area contributed by atoms with Crippen molar-refractivity contribution in [1.29, 1.82) is 0 Å². The first-order chi connectivity index (χ1) is 6.76. The van der Waals surface area contributed by atoms with Crippen LogP contribution in [-0.2, 0) is 9.53 Å². The van der Waals surface area contributed by atoms with Crippen LogP contribution in [-0.4, -0.2) is 36.1 Å². The second-order valence-corrected chi connectivity index (χ2v) is 4.37. The van der Waals surface area contributed by atoms with E-state index in [9.17, 15) is 4.79 Å². The zero-order chi connectivity index (χ0) is 10.1. The molecule has 0 aromatic rings. The van der Waals surface area contributed by atoms with Gasteiger partial charge in [-0.2, -0.15) is 0 Å². The first-order valence-electron chi connectivity index (χ1n) is 5.60. The molecule has 0 saturated carbocycles. The fourth-order valence-electron chi connectivity index (χ4n) is 2.91. The van der Waals surface area contributed by atoms with E-state index in [-0.39, 0.29) is 0 Å². The summed E-state index contributed by atoms with van der Waals surface area (Å²) in [5, 5.41) is 0. The Bertz CT molecular complexity index is 215. The maximum atomic E-state index is 11.7. The van der Waals surface area contributed by atoms with Crippen LogP contribution in [0.4, 0.5) is 0 Å². The number of methoxy groups -OCH3 is 1. The van der Waals surface area contributed by atoms with E-state index < -0.39 is 0 Å². The Hall–Kier alpha value is -0.570. The number of hydrogen-bond donors (Lipinski definition) is 0. The van der Waals surface area contributed by atoms with Crippen LogP contribution in [0.2, 0.25) is 0 Å².